The molecular weight excluding hydrogens is 521 g/mol. The maximum absolute atomic E-state index is 5.32. The Bertz CT molecular complexity index is 758. The average Bonchev–Trinajstić information content (AvgIpc) is 3.27. The van der Waals surface area contributed by atoms with Crippen LogP contribution >= 0.6 is 39.9 Å². The van der Waals surface area contributed by atoms with Gasteiger partial charge in [-0.05, 0) is 52.7 Å². The van der Waals surface area contributed by atoms with Gasteiger partial charge < -0.3 is 19.8 Å². The van der Waals surface area contributed by atoms with Crippen LogP contribution < -0.4 is 10.6 Å². The van der Waals surface area contributed by atoms with Crippen LogP contribution in [0.1, 0.15) is 37.8 Å². The van der Waals surface area contributed by atoms with Gasteiger partial charge in [-0.3, -0.25) is 4.99 Å². The molecule has 0 radical (unpaired) electrons. The van der Waals surface area contributed by atoms with Crippen molar-refractivity contribution in [2.24, 2.45) is 10.4 Å². The Labute approximate surface area is 186 Å². The molecule has 150 valence electrons. The van der Waals surface area contributed by atoms with E-state index in [1.807, 2.05) is 36.0 Å². The van der Waals surface area contributed by atoms with Gasteiger partial charge in [0, 0.05) is 44.2 Å². The fourth-order valence-corrected chi connectivity index (χ4v) is 4.08. The minimum Gasteiger partial charge on any atom is -0.385 e. The molecule has 0 atom stereocenters. The van der Waals surface area contributed by atoms with E-state index in [-0.39, 0.29) is 24.0 Å². The second-order valence-corrected chi connectivity index (χ2v) is 7.99. The summed E-state index contributed by atoms with van der Waals surface area (Å²) in [6.45, 7) is 2.41. The molecule has 8 heteroatoms. The van der Waals surface area contributed by atoms with Crippen LogP contribution in [0.3, 0.4) is 0 Å². The summed E-state index contributed by atoms with van der Waals surface area (Å²) in [5.74, 6) is 0.826. The average molecular weight is 550 g/mol. The first kappa shape index (κ1) is 22.4. The maximum Gasteiger partial charge on any atom is 0.191 e. The maximum atomic E-state index is 5.32. The molecule has 0 bridgehead atoms. The summed E-state index contributed by atoms with van der Waals surface area (Å²) in [4.78, 5) is 9.00. The van der Waals surface area contributed by atoms with Gasteiger partial charge in [-0.15, -0.1) is 24.0 Å². The summed E-state index contributed by atoms with van der Waals surface area (Å²) in [6, 6.07) is 4.00. The molecule has 2 aromatic rings. The van der Waals surface area contributed by atoms with Crippen LogP contribution in [0.25, 0.3) is 5.65 Å². The van der Waals surface area contributed by atoms with Gasteiger partial charge in [0.15, 0.2) is 5.96 Å². The van der Waals surface area contributed by atoms with Crippen LogP contribution in [0.15, 0.2) is 34.0 Å². The number of aliphatic imine (C=N–C) groups is 1. The van der Waals surface area contributed by atoms with Gasteiger partial charge in [-0.1, -0.05) is 12.8 Å². The standard InChI is InChI=1S/C19H28BrN5O.HI/c1-21-18(23-14-19(9-10-26-2)7-3-4-8-19)22-11-16-13-25-12-15(20)5-6-17(25)24-16;/h5-6,12-13H,3-4,7-11,14H2,1-2H3,(H2,21,22,23);1H. The quantitative estimate of drug-likeness (QED) is 0.311. The number of imidazole rings is 1. The van der Waals surface area contributed by atoms with E-state index < -0.39 is 0 Å². The molecule has 2 heterocycles. The lowest BCUT2D eigenvalue weighted by molar-refractivity contribution is 0.138. The minimum atomic E-state index is 0. The lowest BCUT2D eigenvalue weighted by Gasteiger charge is -2.29. The highest BCUT2D eigenvalue weighted by molar-refractivity contribution is 14.0. The zero-order valence-electron chi connectivity index (χ0n) is 16.0. The molecule has 3 rings (SSSR count). The Morgan fingerprint density at radius 3 is 2.78 bits per heavy atom. The number of methoxy groups -OCH3 is 1. The number of hydrogen-bond donors (Lipinski definition) is 2. The van der Waals surface area contributed by atoms with Gasteiger partial charge in [0.05, 0.1) is 12.2 Å². The van der Waals surface area contributed by atoms with Crippen LogP contribution in [0, 0.1) is 5.41 Å². The van der Waals surface area contributed by atoms with Crippen LogP contribution in [0.4, 0.5) is 0 Å². The first-order valence-corrected chi connectivity index (χ1v) is 10.00. The second kappa shape index (κ2) is 10.6. The largest absolute Gasteiger partial charge is 0.385 e. The van der Waals surface area contributed by atoms with E-state index in [4.69, 9.17) is 4.74 Å². The SMILES string of the molecule is CN=C(NCc1cn2cc(Br)ccc2n1)NCC1(CCOC)CCCC1.I. The summed E-state index contributed by atoms with van der Waals surface area (Å²) in [7, 11) is 3.59. The third-order valence-corrected chi connectivity index (χ3v) is 5.73. The van der Waals surface area contributed by atoms with E-state index in [9.17, 15) is 0 Å². The highest BCUT2D eigenvalue weighted by atomic mass is 127. The number of rotatable bonds is 7. The molecule has 0 spiro atoms. The number of nitrogens with one attached hydrogen (secondary N) is 2. The molecule has 2 aromatic heterocycles. The number of aromatic nitrogens is 2. The van der Waals surface area contributed by atoms with Crippen molar-refractivity contribution >= 4 is 51.5 Å². The van der Waals surface area contributed by atoms with Gasteiger partial charge in [0.1, 0.15) is 5.65 Å². The Kier molecular flexibility index (Phi) is 8.81. The van der Waals surface area contributed by atoms with Gasteiger partial charge in [0.2, 0.25) is 0 Å². The van der Waals surface area contributed by atoms with Gasteiger partial charge in [-0.2, -0.15) is 0 Å². The second-order valence-electron chi connectivity index (χ2n) is 7.07. The molecule has 1 saturated carbocycles. The van der Waals surface area contributed by atoms with Crippen molar-refractivity contribution < 1.29 is 4.74 Å². The van der Waals surface area contributed by atoms with E-state index >= 15 is 0 Å². The highest BCUT2D eigenvalue weighted by Gasteiger charge is 2.33. The molecule has 2 N–H and O–H groups in total. The molecule has 0 aromatic carbocycles. The van der Waals surface area contributed by atoms with E-state index in [2.05, 4.69) is 36.5 Å². The smallest absolute Gasteiger partial charge is 0.191 e. The predicted octanol–water partition coefficient (Wildman–Crippen LogP) is 3.98. The van der Waals surface area contributed by atoms with Crippen LogP contribution in [-0.4, -0.2) is 42.7 Å². The molecule has 6 nitrogen and oxygen atoms in total. The monoisotopic (exact) mass is 549 g/mol. The third kappa shape index (κ3) is 6.05. The van der Waals surface area contributed by atoms with Gasteiger partial charge in [0.25, 0.3) is 0 Å². The number of ether oxygens (including phenoxy) is 1. The molecule has 0 saturated heterocycles. The predicted molar refractivity (Wildman–Crippen MR) is 124 cm³/mol. The van der Waals surface area contributed by atoms with E-state index in [0.29, 0.717) is 12.0 Å². The van der Waals surface area contributed by atoms with Crippen molar-refractivity contribution in [2.45, 2.75) is 38.6 Å². The molecule has 27 heavy (non-hydrogen) atoms. The highest BCUT2D eigenvalue weighted by Crippen LogP contribution is 2.40. The first-order valence-electron chi connectivity index (χ1n) is 9.21. The van der Waals surface area contributed by atoms with Crippen molar-refractivity contribution in [3.63, 3.8) is 0 Å². The normalized spacial score (nSPS) is 16.3. The lowest BCUT2D eigenvalue weighted by atomic mass is 9.83. The Morgan fingerprint density at radius 2 is 2.07 bits per heavy atom. The molecule has 1 aliphatic carbocycles. The van der Waals surface area contributed by atoms with Crippen molar-refractivity contribution in [1.82, 2.24) is 20.0 Å². The Balaban J connectivity index is 0.00000261. The number of hydrogen-bond acceptors (Lipinski definition) is 3. The minimum absolute atomic E-state index is 0. The molecule has 1 aliphatic rings. The van der Waals surface area contributed by atoms with Crippen molar-refractivity contribution in [3.8, 4) is 0 Å². The molecule has 0 aliphatic heterocycles. The molecule has 0 unspecified atom stereocenters. The lowest BCUT2D eigenvalue weighted by Crippen LogP contribution is -2.43. The summed E-state index contributed by atoms with van der Waals surface area (Å²) >= 11 is 3.49. The molecule has 0 amide bonds. The van der Waals surface area contributed by atoms with Gasteiger partial charge >= 0.3 is 0 Å². The molecular formula is C19H29BrIN5O. The van der Waals surface area contributed by atoms with Crippen molar-refractivity contribution in [3.05, 3.63) is 34.7 Å². The van der Waals surface area contributed by atoms with Crippen LogP contribution in [0.5, 0.6) is 0 Å². The number of guanidine groups is 1. The number of fused-ring (bicyclic) bond motifs is 1. The summed E-state index contributed by atoms with van der Waals surface area (Å²) in [5.41, 5.74) is 2.27. The number of pyridine rings is 1. The zero-order chi connectivity index (χ0) is 18.4. The molecule has 1 fully saturated rings. The topological polar surface area (TPSA) is 63.0 Å². The fraction of sp³-hybridized carbons (Fsp3) is 0.579. The van der Waals surface area contributed by atoms with E-state index in [1.165, 1.54) is 25.7 Å². The summed E-state index contributed by atoms with van der Waals surface area (Å²) in [5, 5.41) is 6.89. The Hall–Kier alpha value is -0.870. The summed E-state index contributed by atoms with van der Waals surface area (Å²) < 4.78 is 8.38. The van der Waals surface area contributed by atoms with Crippen LogP contribution in [0.2, 0.25) is 0 Å². The Morgan fingerprint density at radius 1 is 1.30 bits per heavy atom. The fourth-order valence-electron chi connectivity index (χ4n) is 3.73. The summed E-state index contributed by atoms with van der Waals surface area (Å²) in [6.07, 6.45) is 10.3. The number of halogens is 2. The van der Waals surface area contributed by atoms with E-state index in [0.717, 1.165) is 41.3 Å². The van der Waals surface area contributed by atoms with Crippen LogP contribution in [-0.2, 0) is 11.3 Å². The first-order chi connectivity index (χ1) is 12.6. The van der Waals surface area contributed by atoms with Crippen molar-refractivity contribution in [2.75, 3.05) is 27.3 Å². The van der Waals surface area contributed by atoms with E-state index in [1.54, 1.807) is 7.11 Å². The van der Waals surface area contributed by atoms with Gasteiger partial charge in [-0.25, -0.2) is 4.98 Å². The third-order valence-electron chi connectivity index (χ3n) is 5.26. The number of nitrogens with zero attached hydrogens (tertiary/aromatic N) is 3. The zero-order valence-corrected chi connectivity index (χ0v) is 19.9. The van der Waals surface area contributed by atoms with Crippen molar-refractivity contribution in [1.29, 1.82) is 0 Å².